The monoisotopic (exact) mass is 356 g/mol. The Balaban J connectivity index is 1.45. The Morgan fingerprint density at radius 2 is 2.16 bits per heavy atom. The van der Waals surface area contributed by atoms with Crippen molar-refractivity contribution in [3.05, 3.63) is 48.0 Å². The van der Waals surface area contributed by atoms with Crippen molar-refractivity contribution in [3.63, 3.8) is 0 Å². The van der Waals surface area contributed by atoms with Crippen LogP contribution in [-0.2, 0) is 9.59 Å². The van der Waals surface area contributed by atoms with Gasteiger partial charge in [-0.25, -0.2) is 0 Å². The maximum Gasteiger partial charge on any atom is 0.234 e. The van der Waals surface area contributed by atoms with E-state index in [2.05, 4.69) is 10.6 Å². The van der Waals surface area contributed by atoms with Gasteiger partial charge in [-0.15, -0.1) is 11.8 Å². The van der Waals surface area contributed by atoms with Crippen LogP contribution < -0.4 is 15.4 Å². The molecule has 1 aliphatic heterocycles. The van der Waals surface area contributed by atoms with Crippen LogP contribution in [-0.4, -0.2) is 24.2 Å². The summed E-state index contributed by atoms with van der Waals surface area (Å²) in [6, 6.07) is 13.4. The molecule has 0 aromatic heterocycles. The molecular weight excluding hydrogens is 336 g/mol. The van der Waals surface area contributed by atoms with E-state index < -0.39 is 0 Å². The smallest absolute Gasteiger partial charge is 0.234 e. The highest BCUT2D eigenvalue weighted by molar-refractivity contribution is 8.00. The number of nitrogens with one attached hydrogen (secondary N) is 2. The van der Waals surface area contributed by atoms with Crippen molar-refractivity contribution in [1.82, 2.24) is 0 Å². The van der Waals surface area contributed by atoms with Crippen LogP contribution >= 0.6 is 11.8 Å². The Morgan fingerprint density at radius 1 is 1.28 bits per heavy atom. The second-order valence-corrected chi connectivity index (χ2v) is 6.88. The Labute approximate surface area is 151 Å². The third-order valence-corrected chi connectivity index (χ3v) is 4.78. The minimum absolute atomic E-state index is 0.0192. The lowest BCUT2D eigenvalue weighted by Gasteiger charge is -2.17. The zero-order chi connectivity index (χ0) is 17.6. The maximum atomic E-state index is 12.1. The number of aryl methyl sites for hydroxylation is 1. The van der Waals surface area contributed by atoms with E-state index in [1.54, 1.807) is 6.07 Å². The number of fused-ring (bicyclic) bond motifs is 1. The summed E-state index contributed by atoms with van der Waals surface area (Å²) in [6.07, 6.45) is 1.02. The summed E-state index contributed by atoms with van der Waals surface area (Å²) in [5, 5.41) is 5.68. The van der Waals surface area contributed by atoms with Crippen molar-refractivity contribution >= 4 is 35.0 Å². The molecule has 0 spiro atoms. The summed E-state index contributed by atoms with van der Waals surface area (Å²) in [4.78, 5) is 24.5. The standard InChI is InChI=1S/C19H20N2O3S/c1-13-4-2-5-15(10-13)24-9-3-6-18(22)20-14-7-8-17-16(11-14)21-19(23)12-25-17/h2,4-5,7-8,10-11H,3,6,9,12H2,1H3,(H,20,22)(H,21,23). The van der Waals surface area contributed by atoms with Crippen LogP contribution in [0.3, 0.4) is 0 Å². The fourth-order valence-corrected chi connectivity index (χ4v) is 3.30. The molecule has 5 nitrogen and oxygen atoms in total. The molecule has 0 saturated carbocycles. The van der Waals surface area contributed by atoms with Gasteiger partial charge in [0.25, 0.3) is 0 Å². The molecule has 0 unspecified atom stereocenters. The van der Waals surface area contributed by atoms with Crippen LogP contribution in [0.5, 0.6) is 5.75 Å². The molecule has 3 rings (SSSR count). The molecule has 2 N–H and O–H groups in total. The van der Waals surface area contributed by atoms with Gasteiger partial charge in [0.15, 0.2) is 0 Å². The van der Waals surface area contributed by atoms with Gasteiger partial charge < -0.3 is 15.4 Å². The van der Waals surface area contributed by atoms with Gasteiger partial charge in [0, 0.05) is 17.0 Å². The second-order valence-electron chi connectivity index (χ2n) is 5.86. The van der Waals surface area contributed by atoms with Gasteiger partial charge in [-0.3, -0.25) is 9.59 Å². The van der Waals surface area contributed by atoms with E-state index in [0.717, 1.165) is 21.9 Å². The lowest BCUT2D eigenvalue weighted by molar-refractivity contribution is -0.116. The molecule has 0 atom stereocenters. The average Bonchev–Trinajstić information content (AvgIpc) is 2.58. The number of carbonyl (C=O) groups is 2. The number of amides is 2. The highest BCUT2D eigenvalue weighted by atomic mass is 32.2. The van der Waals surface area contributed by atoms with Gasteiger partial charge in [0.1, 0.15) is 5.75 Å². The number of anilines is 2. The van der Waals surface area contributed by atoms with Crippen LogP contribution in [0.1, 0.15) is 18.4 Å². The van der Waals surface area contributed by atoms with Crippen molar-refractivity contribution in [3.8, 4) is 5.75 Å². The van der Waals surface area contributed by atoms with E-state index in [-0.39, 0.29) is 11.8 Å². The normalized spacial score (nSPS) is 12.9. The lowest BCUT2D eigenvalue weighted by Crippen LogP contribution is -2.19. The lowest BCUT2D eigenvalue weighted by atomic mass is 10.2. The summed E-state index contributed by atoms with van der Waals surface area (Å²) >= 11 is 1.50. The molecule has 2 amide bonds. The summed E-state index contributed by atoms with van der Waals surface area (Å²) in [5.74, 6) is 1.17. The van der Waals surface area contributed by atoms with Gasteiger partial charge in [0.05, 0.1) is 18.0 Å². The Bertz CT molecular complexity index is 792. The molecule has 130 valence electrons. The zero-order valence-electron chi connectivity index (χ0n) is 14.0. The molecule has 0 aliphatic carbocycles. The highest BCUT2D eigenvalue weighted by Crippen LogP contribution is 2.33. The minimum Gasteiger partial charge on any atom is -0.494 e. The van der Waals surface area contributed by atoms with Crippen LogP contribution in [0, 0.1) is 6.92 Å². The van der Waals surface area contributed by atoms with E-state index in [4.69, 9.17) is 4.74 Å². The molecule has 1 heterocycles. The molecule has 0 radical (unpaired) electrons. The molecule has 0 saturated heterocycles. The van der Waals surface area contributed by atoms with Gasteiger partial charge in [-0.2, -0.15) is 0 Å². The fourth-order valence-electron chi connectivity index (χ4n) is 2.51. The molecule has 0 fully saturated rings. The van der Waals surface area contributed by atoms with E-state index in [1.807, 2.05) is 43.3 Å². The van der Waals surface area contributed by atoms with Crippen molar-refractivity contribution in [1.29, 1.82) is 0 Å². The van der Waals surface area contributed by atoms with E-state index in [1.165, 1.54) is 11.8 Å². The predicted octanol–water partition coefficient (Wildman–Crippen LogP) is 3.84. The SMILES string of the molecule is Cc1cccc(OCCCC(=O)Nc2ccc3c(c2)NC(=O)CS3)c1. The maximum absolute atomic E-state index is 12.1. The summed E-state index contributed by atoms with van der Waals surface area (Å²) in [6.45, 7) is 2.51. The third kappa shape index (κ3) is 5.00. The first-order chi connectivity index (χ1) is 12.1. The predicted molar refractivity (Wildman–Crippen MR) is 100 cm³/mol. The third-order valence-electron chi connectivity index (χ3n) is 3.70. The number of carbonyl (C=O) groups excluding carboxylic acids is 2. The summed E-state index contributed by atoms with van der Waals surface area (Å²) in [7, 11) is 0. The van der Waals surface area contributed by atoms with E-state index in [9.17, 15) is 9.59 Å². The number of rotatable bonds is 6. The first-order valence-electron chi connectivity index (χ1n) is 8.16. The number of benzene rings is 2. The number of hydrogen-bond acceptors (Lipinski definition) is 4. The second kappa shape index (κ2) is 8.07. The quantitative estimate of drug-likeness (QED) is 0.772. The first kappa shape index (κ1) is 17.4. The van der Waals surface area contributed by atoms with Gasteiger partial charge in [-0.1, -0.05) is 12.1 Å². The molecule has 0 bridgehead atoms. The van der Waals surface area contributed by atoms with Crippen LogP contribution in [0.2, 0.25) is 0 Å². The van der Waals surface area contributed by atoms with Crippen LogP contribution in [0.4, 0.5) is 11.4 Å². The van der Waals surface area contributed by atoms with Crippen molar-refractivity contribution < 1.29 is 14.3 Å². The molecule has 6 heteroatoms. The largest absolute Gasteiger partial charge is 0.494 e. The average molecular weight is 356 g/mol. The zero-order valence-corrected chi connectivity index (χ0v) is 14.8. The minimum atomic E-state index is -0.0671. The Morgan fingerprint density at radius 3 is 3.00 bits per heavy atom. The summed E-state index contributed by atoms with van der Waals surface area (Å²) < 4.78 is 5.64. The topological polar surface area (TPSA) is 67.4 Å². The van der Waals surface area contributed by atoms with Crippen molar-refractivity contribution in [2.45, 2.75) is 24.7 Å². The van der Waals surface area contributed by atoms with Gasteiger partial charge in [-0.05, 0) is 49.2 Å². The van der Waals surface area contributed by atoms with E-state index >= 15 is 0 Å². The Hall–Kier alpha value is -2.47. The highest BCUT2D eigenvalue weighted by Gasteiger charge is 2.15. The fraction of sp³-hybridized carbons (Fsp3) is 0.263. The molecule has 1 aliphatic rings. The van der Waals surface area contributed by atoms with Gasteiger partial charge in [0.2, 0.25) is 11.8 Å². The molecule has 2 aromatic rings. The van der Waals surface area contributed by atoms with Crippen LogP contribution in [0.25, 0.3) is 0 Å². The number of ether oxygens (including phenoxy) is 1. The van der Waals surface area contributed by atoms with Crippen molar-refractivity contribution in [2.75, 3.05) is 23.0 Å². The number of hydrogen-bond donors (Lipinski definition) is 2. The van der Waals surface area contributed by atoms with Crippen LogP contribution in [0.15, 0.2) is 47.4 Å². The van der Waals surface area contributed by atoms with Gasteiger partial charge >= 0.3 is 0 Å². The number of thioether (sulfide) groups is 1. The summed E-state index contributed by atoms with van der Waals surface area (Å²) in [5.41, 5.74) is 2.58. The van der Waals surface area contributed by atoms with E-state index in [0.29, 0.717) is 30.9 Å². The Kier molecular flexibility index (Phi) is 5.60. The molecule has 2 aromatic carbocycles. The molecular formula is C19H20N2O3S. The van der Waals surface area contributed by atoms with Crippen molar-refractivity contribution in [2.24, 2.45) is 0 Å². The first-order valence-corrected chi connectivity index (χ1v) is 9.15. The molecule has 25 heavy (non-hydrogen) atoms.